The number of hydrogen-bond donors (Lipinski definition) is 1. The Morgan fingerprint density at radius 2 is 2.08 bits per heavy atom. The number of fused-ring (bicyclic) bond motifs is 1. The van der Waals surface area contributed by atoms with Crippen molar-refractivity contribution in [3.63, 3.8) is 0 Å². The van der Waals surface area contributed by atoms with Gasteiger partial charge in [0.15, 0.2) is 0 Å². The molecule has 0 unspecified atom stereocenters. The fourth-order valence-corrected chi connectivity index (χ4v) is 1.46. The van der Waals surface area contributed by atoms with E-state index in [2.05, 4.69) is 0 Å². The molecule has 0 atom stereocenters. The molecule has 66 valence electrons. The van der Waals surface area contributed by atoms with Crippen LogP contribution in [0.3, 0.4) is 0 Å². The summed E-state index contributed by atoms with van der Waals surface area (Å²) in [6, 6.07) is 6.90. The molecule has 13 heavy (non-hydrogen) atoms. The molecule has 1 heterocycles. The highest BCUT2D eigenvalue weighted by Crippen LogP contribution is 2.27. The van der Waals surface area contributed by atoms with Crippen molar-refractivity contribution < 1.29 is 14.7 Å². The Bertz CT molecular complexity index is 386. The van der Waals surface area contributed by atoms with Gasteiger partial charge in [0.2, 0.25) is 5.91 Å². The molecule has 0 radical (unpaired) electrons. The van der Waals surface area contributed by atoms with Crippen molar-refractivity contribution in [2.24, 2.45) is 0 Å². The zero-order chi connectivity index (χ0) is 9.42. The van der Waals surface area contributed by atoms with E-state index in [1.54, 1.807) is 24.3 Å². The molecule has 2 rings (SSSR count). The van der Waals surface area contributed by atoms with Crippen LogP contribution in [-0.4, -0.2) is 17.1 Å². The summed E-state index contributed by atoms with van der Waals surface area (Å²) >= 11 is 0. The smallest absolute Gasteiger partial charge is 0.418 e. The van der Waals surface area contributed by atoms with Gasteiger partial charge in [0.1, 0.15) is 0 Å². The Morgan fingerprint density at radius 3 is 2.77 bits per heavy atom. The second-order valence-electron chi connectivity index (χ2n) is 2.82. The van der Waals surface area contributed by atoms with E-state index in [-0.39, 0.29) is 12.3 Å². The van der Waals surface area contributed by atoms with Crippen LogP contribution in [0.15, 0.2) is 24.3 Å². The van der Waals surface area contributed by atoms with Crippen LogP contribution in [0.25, 0.3) is 0 Å². The first-order valence-electron chi connectivity index (χ1n) is 3.84. The van der Waals surface area contributed by atoms with Gasteiger partial charge in [0.25, 0.3) is 0 Å². The second-order valence-corrected chi connectivity index (χ2v) is 2.82. The van der Waals surface area contributed by atoms with Crippen LogP contribution in [0.2, 0.25) is 0 Å². The first-order valence-corrected chi connectivity index (χ1v) is 3.84. The van der Waals surface area contributed by atoms with E-state index in [9.17, 15) is 9.59 Å². The van der Waals surface area contributed by atoms with Crippen LogP contribution in [0, 0.1) is 0 Å². The Labute approximate surface area is 74.4 Å². The summed E-state index contributed by atoms with van der Waals surface area (Å²) in [6.45, 7) is 0. The fourth-order valence-electron chi connectivity index (χ4n) is 1.46. The number of amides is 2. The molecule has 0 bridgehead atoms. The van der Waals surface area contributed by atoms with Gasteiger partial charge in [0, 0.05) is 0 Å². The van der Waals surface area contributed by atoms with Crippen LogP contribution in [0.5, 0.6) is 0 Å². The van der Waals surface area contributed by atoms with Gasteiger partial charge in [-0.1, -0.05) is 18.2 Å². The zero-order valence-electron chi connectivity index (χ0n) is 6.73. The van der Waals surface area contributed by atoms with E-state index in [4.69, 9.17) is 5.11 Å². The average Bonchev–Trinajstić information content (AvgIpc) is 2.39. The highest BCUT2D eigenvalue weighted by Gasteiger charge is 2.31. The SMILES string of the molecule is O=C(O)N1C(=O)Cc2ccccc21. The molecule has 1 aliphatic rings. The quantitative estimate of drug-likeness (QED) is 0.648. The molecule has 0 aliphatic carbocycles. The lowest BCUT2D eigenvalue weighted by atomic mass is 10.2. The number of carbonyl (C=O) groups excluding carboxylic acids is 1. The summed E-state index contributed by atoms with van der Waals surface area (Å²) in [7, 11) is 0. The van der Waals surface area contributed by atoms with Crippen LogP contribution < -0.4 is 4.90 Å². The summed E-state index contributed by atoms with van der Waals surface area (Å²) in [5, 5.41) is 8.74. The molecular formula is C9H7NO3. The minimum absolute atomic E-state index is 0.183. The molecule has 1 aliphatic heterocycles. The average molecular weight is 177 g/mol. The maximum Gasteiger partial charge on any atom is 0.418 e. The lowest BCUT2D eigenvalue weighted by Gasteiger charge is -2.09. The highest BCUT2D eigenvalue weighted by atomic mass is 16.4. The van der Waals surface area contributed by atoms with Gasteiger partial charge in [-0.3, -0.25) is 4.79 Å². The molecule has 0 aromatic heterocycles. The number of benzene rings is 1. The topological polar surface area (TPSA) is 57.6 Å². The van der Waals surface area contributed by atoms with Crippen molar-refractivity contribution in [2.75, 3.05) is 4.90 Å². The van der Waals surface area contributed by atoms with Crippen molar-refractivity contribution in [1.82, 2.24) is 0 Å². The lowest BCUT2D eigenvalue weighted by Crippen LogP contribution is -2.31. The molecule has 0 saturated carbocycles. The minimum Gasteiger partial charge on any atom is -0.464 e. The minimum atomic E-state index is -1.21. The van der Waals surface area contributed by atoms with Crippen molar-refractivity contribution in [2.45, 2.75) is 6.42 Å². The Hall–Kier alpha value is -1.84. The van der Waals surface area contributed by atoms with Crippen molar-refractivity contribution in [3.8, 4) is 0 Å². The third kappa shape index (κ3) is 1.07. The molecule has 0 spiro atoms. The Morgan fingerprint density at radius 1 is 1.38 bits per heavy atom. The number of para-hydroxylation sites is 1. The summed E-state index contributed by atoms with van der Waals surface area (Å²) in [5.74, 6) is -0.381. The Kier molecular flexibility index (Phi) is 1.55. The number of rotatable bonds is 0. The standard InChI is InChI=1S/C9H7NO3/c11-8-5-6-3-1-2-4-7(6)10(8)9(12)13/h1-4H,5H2,(H,12,13). The molecule has 0 fully saturated rings. The van der Waals surface area contributed by atoms with Crippen LogP contribution in [0.4, 0.5) is 10.5 Å². The maximum atomic E-state index is 11.2. The molecule has 4 heteroatoms. The first-order chi connectivity index (χ1) is 6.20. The number of carbonyl (C=O) groups is 2. The number of imide groups is 1. The largest absolute Gasteiger partial charge is 0.464 e. The summed E-state index contributed by atoms with van der Waals surface area (Å²) < 4.78 is 0. The summed E-state index contributed by atoms with van der Waals surface area (Å²) in [4.78, 5) is 22.7. The number of anilines is 1. The van der Waals surface area contributed by atoms with Gasteiger partial charge in [0.05, 0.1) is 12.1 Å². The fraction of sp³-hybridized carbons (Fsp3) is 0.111. The predicted molar refractivity (Wildman–Crippen MR) is 45.7 cm³/mol. The normalized spacial score (nSPS) is 14.5. The van der Waals surface area contributed by atoms with Gasteiger partial charge in [-0.15, -0.1) is 0 Å². The van der Waals surface area contributed by atoms with E-state index in [0.29, 0.717) is 5.69 Å². The number of carboxylic acid groups (broad SMARTS) is 1. The number of nitrogens with zero attached hydrogens (tertiary/aromatic N) is 1. The van der Waals surface area contributed by atoms with E-state index in [1.807, 2.05) is 0 Å². The predicted octanol–water partition coefficient (Wildman–Crippen LogP) is 1.25. The van der Waals surface area contributed by atoms with Crippen molar-refractivity contribution in [3.05, 3.63) is 29.8 Å². The van der Waals surface area contributed by atoms with Gasteiger partial charge < -0.3 is 5.11 Å². The number of hydrogen-bond acceptors (Lipinski definition) is 2. The second kappa shape index (κ2) is 2.58. The van der Waals surface area contributed by atoms with Gasteiger partial charge in [-0.05, 0) is 11.6 Å². The van der Waals surface area contributed by atoms with Gasteiger partial charge >= 0.3 is 6.09 Å². The van der Waals surface area contributed by atoms with Crippen LogP contribution in [-0.2, 0) is 11.2 Å². The molecular weight excluding hydrogens is 170 g/mol. The third-order valence-corrected chi connectivity index (χ3v) is 2.01. The maximum absolute atomic E-state index is 11.2. The summed E-state index contributed by atoms with van der Waals surface area (Å²) in [5.41, 5.74) is 1.26. The zero-order valence-corrected chi connectivity index (χ0v) is 6.73. The summed E-state index contributed by atoms with van der Waals surface area (Å²) in [6.07, 6.45) is -1.03. The van der Waals surface area contributed by atoms with E-state index in [1.165, 1.54) is 0 Å². The first kappa shape index (κ1) is 7.79. The van der Waals surface area contributed by atoms with Gasteiger partial charge in [-0.2, -0.15) is 0 Å². The molecule has 4 nitrogen and oxygen atoms in total. The van der Waals surface area contributed by atoms with Crippen LogP contribution in [0.1, 0.15) is 5.56 Å². The van der Waals surface area contributed by atoms with Gasteiger partial charge in [-0.25, -0.2) is 9.69 Å². The molecule has 1 N–H and O–H groups in total. The van der Waals surface area contributed by atoms with E-state index >= 15 is 0 Å². The molecule has 0 saturated heterocycles. The molecule has 2 amide bonds. The highest BCUT2D eigenvalue weighted by molar-refractivity contribution is 6.16. The van der Waals surface area contributed by atoms with E-state index in [0.717, 1.165) is 10.5 Å². The Balaban J connectivity index is 2.52. The van der Waals surface area contributed by atoms with E-state index < -0.39 is 6.09 Å². The molecule has 1 aromatic carbocycles. The monoisotopic (exact) mass is 177 g/mol. The lowest BCUT2D eigenvalue weighted by molar-refractivity contribution is -0.116. The van der Waals surface area contributed by atoms with Crippen molar-refractivity contribution >= 4 is 17.7 Å². The van der Waals surface area contributed by atoms with Crippen LogP contribution >= 0.6 is 0 Å². The van der Waals surface area contributed by atoms with Crippen molar-refractivity contribution in [1.29, 1.82) is 0 Å². The third-order valence-electron chi connectivity index (χ3n) is 2.01. The molecule has 1 aromatic rings.